The van der Waals surface area contributed by atoms with Crippen molar-refractivity contribution in [3.05, 3.63) is 35.4 Å². The molecule has 0 aliphatic carbocycles. The largest absolute Gasteiger partial charge is 0.497 e. The van der Waals surface area contributed by atoms with Gasteiger partial charge in [0, 0.05) is 0 Å². The van der Waals surface area contributed by atoms with Gasteiger partial charge in [-0.05, 0) is 54.5 Å². The van der Waals surface area contributed by atoms with Crippen molar-refractivity contribution in [3.63, 3.8) is 0 Å². The Kier molecular flexibility index (Phi) is 5.27. The van der Waals surface area contributed by atoms with Crippen LogP contribution in [0.15, 0.2) is 24.3 Å². The van der Waals surface area contributed by atoms with E-state index in [1.54, 1.807) is 7.11 Å². The predicted octanol–water partition coefficient (Wildman–Crippen LogP) is 4.71. The van der Waals surface area contributed by atoms with E-state index in [4.69, 9.17) is 4.74 Å². The second-order valence-corrected chi connectivity index (χ2v) is 4.92. The lowest BCUT2D eigenvalue weighted by Gasteiger charge is -2.14. The number of hydrogen-bond donors (Lipinski definition) is 0. The monoisotopic (exact) mass is 232 g/mol. The van der Waals surface area contributed by atoms with Crippen molar-refractivity contribution in [2.75, 3.05) is 7.11 Å². The molecule has 0 atom stereocenters. The zero-order valence-corrected chi connectivity index (χ0v) is 11.7. The first-order chi connectivity index (χ1) is 8.08. The van der Waals surface area contributed by atoms with Crippen molar-refractivity contribution in [1.82, 2.24) is 0 Å². The van der Waals surface area contributed by atoms with E-state index < -0.39 is 0 Å². The molecule has 0 spiro atoms. The summed E-state index contributed by atoms with van der Waals surface area (Å²) in [6.07, 6.45) is 4.47. The lowest BCUT2D eigenvalue weighted by molar-refractivity contribution is 0.414. The van der Waals surface area contributed by atoms with Crippen LogP contribution >= 0.6 is 0 Å². The van der Waals surface area contributed by atoms with Crippen LogP contribution in [0.25, 0.3) is 5.57 Å². The Morgan fingerprint density at radius 1 is 1.35 bits per heavy atom. The fraction of sp³-hybridized carbons (Fsp3) is 0.500. The third-order valence-corrected chi connectivity index (χ3v) is 2.88. The van der Waals surface area contributed by atoms with E-state index in [0.29, 0.717) is 5.92 Å². The van der Waals surface area contributed by atoms with Crippen LogP contribution in [-0.2, 0) is 6.42 Å². The topological polar surface area (TPSA) is 9.23 Å². The van der Waals surface area contributed by atoms with Gasteiger partial charge in [-0.1, -0.05) is 32.9 Å². The minimum absolute atomic E-state index is 0.677. The second kappa shape index (κ2) is 6.48. The van der Waals surface area contributed by atoms with Gasteiger partial charge in [-0.25, -0.2) is 0 Å². The molecule has 17 heavy (non-hydrogen) atoms. The zero-order chi connectivity index (χ0) is 12.8. The molecule has 0 saturated heterocycles. The first-order valence-corrected chi connectivity index (χ1v) is 6.42. The minimum Gasteiger partial charge on any atom is -0.497 e. The summed E-state index contributed by atoms with van der Waals surface area (Å²) in [5.74, 6) is 1.62. The molecule has 1 aromatic rings. The van der Waals surface area contributed by atoms with Crippen molar-refractivity contribution in [1.29, 1.82) is 0 Å². The molecular formula is C16H24O. The first-order valence-electron chi connectivity index (χ1n) is 6.42. The summed E-state index contributed by atoms with van der Waals surface area (Å²) in [5, 5.41) is 0. The van der Waals surface area contributed by atoms with Crippen molar-refractivity contribution in [2.24, 2.45) is 5.92 Å². The van der Waals surface area contributed by atoms with Crippen LogP contribution in [0.2, 0.25) is 0 Å². The molecule has 0 aromatic heterocycles. The van der Waals surface area contributed by atoms with E-state index in [9.17, 15) is 0 Å². The minimum atomic E-state index is 0.677. The molecule has 0 unspecified atom stereocenters. The average molecular weight is 232 g/mol. The first kappa shape index (κ1) is 13.8. The smallest absolute Gasteiger partial charge is 0.119 e. The molecule has 1 aromatic carbocycles. The van der Waals surface area contributed by atoms with Gasteiger partial charge in [-0.2, -0.15) is 0 Å². The maximum atomic E-state index is 5.32. The molecule has 0 saturated carbocycles. The van der Waals surface area contributed by atoms with Gasteiger partial charge in [0.15, 0.2) is 0 Å². The molecule has 0 heterocycles. The summed E-state index contributed by atoms with van der Waals surface area (Å²) in [5.41, 5.74) is 4.10. The lowest BCUT2D eigenvalue weighted by atomic mass is 9.93. The van der Waals surface area contributed by atoms with Crippen molar-refractivity contribution in [3.8, 4) is 5.75 Å². The number of methoxy groups -OCH3 is 1. The van der Waals surface area contributed by atoms with Crippen LogP contribution in [0.4, 0.5) is 0 Å². The van der Waals surface area contributed by atoms with Gasteiger partial charge in [0.05, 0.1) is 7.11 Å². The Morgan fingerprint density at radius 2 is 2.06 bits per heavy atom. The molecule has 0 radical (unpaired) electrons. The molecule has 0 amide bonds. The fourth-order valence-corrected chi connectivity index (χ4v) is 2.08. The van der Waals surface area contributed by atoms with E-state index in [1.807, 2.05) is 0 Å². The third kappa shape index (κ3) is 3.92. The SMILES string of the molecule is CC/C=C(\C)c1cc(OC)ccc1CC(C)C. The molecular weight excluding hydrogens is 208 g/mol. The van der Waals surface area contributed by atoms with Crippen LogP contribution in [0.5, 0.6) is 5.75 Å². The standard InChI is InChI=1S/C16H24O/c1-6-7-13(4)16-11-15(17-5)9-8-14(16)10-12(2)3/h7-9,11-12H,6,10H2,1-5H3/b13-7+. The maximum absolute atomic E-state index is 5.32. The van der Waals surface area contributed by atoms with Gasteiger partial charge in [-0.15, -0.1) is 0 Å². The zero-order valence-electron chi connectivity index (χ0n) is 11.7. The average Bonchev–Trinajstić information content (AvgIpc) is 2.29. The molecule has 0 bridgehead atoms. The van der Waals surface area contributed by atoms with Crippen molar-refractivity contribution >= 4 is 5.57 Å². The van der Waals surface area contributed by atoms with Gasteiger partial charge >= 0.3 is 0 Å². The normalized spacial score (nSPS) is 12.0. The Hall–Kier alpha value is -1.24. The Morgan fingerprint density at radius 3 is 2.59 bits per heavy atom. The van der Waals surface area contributed by atoms with Crippen molar-refractivity contribution < 1.29 is 4.74 Å². The Labute approximate surface area is 106 Å². The number of benzene rings is 1. The van der Waals surface area contributed by atoms with E-state index in [0.717, 1.165) is 18.6 Å². The van der Waals surface area contributed by atoms with E-state index in [1.165, 1.54) is 16.7 Å². The van der Waals surface area contributed by atoms with Gasteiger partial charge in [0.25, 0.3) is 0 Å². The molecule has 94 valence electrons. The third-order valence-electron chi connectivity index (χ3n) is 2.88. The van der Waals surface area contributed by atoms with Gasteiger partial charge in [0.2, 0.25) is 0 Å². The Bertz CT molecular complexity index is 389. The number of hydrogen-bond acceptors (Lipinski definition) is 1. The summed E-state index contributed by atoms with van der Waals surface area (Å²) in [4.78, 5) is 0. The summed E-state index contributed by atoms with van der Waals surface area (Å²) in [6, 6.07) is 6.40. The highest BCUT2D eigenvalue weighted by Crippen LogP contribution is 2.26. The molecule has 0 fully saturated rings. The van der Waals surface area contributed by atoms with Crippen LogP contribution in [0.3, 0.4) is 0 Å². The summed E-state index contributed by atoms with van der Waals surface area (Å²) in [6.45, 7) is 8.87. The maximum Gasteiger partial charge on any atom is 0.119 e. The molecule has 1 heteroatoms. The van der Waals surface area contributed by atoms with Crippen LogP contribution in [0.1, 0.15) is 45.2 Å². The quantitative estimate of drug-likeness (QED) is 0.714. The summed E-state index contributed by atoms with van der Waals surface area (Å²) in [7, 11) is 1.72. The molecule has 0 aliphatic rings. The van der Waals surface area contributed by atoms with Crippen molar-refractivity contribution in [2.45, 2.75) is 40.5 Å². The van der Waals surface area contributed by atoms with Crippen LogP contribution in [-0.4, -0.2) is 7.11 Å². The predicted molar refractivity (Wildman–Crippen MR) is 75.5 cm³/mol. The van der Waals surface area contributed by atoms with Crippen LogP contribution < -0.4 is 4.74 Å². The highest BCUT2D eigenvalue weighted by Gasteiger charge is 2.07. The molecule has 1 rings (SSSR count). The summed E-state index contributed by atoms with van der Waals surface area (Å²) >= 11 is 0. The number of rotatable bonds is 5. The van der Waals surface area contributed by atoms with Gasteiger partial charge < -0.3 is 4.74 Å². The summed E-state index contributed by atoms with van der Waals surface area (Å²) < 4.78 is 5.32. The van der Waals surface area contributed by atoms with E-state index in [-0.39, 0.29) is 0 Å². The van der Waals surface area contributed by atoms with Crippen LogP contribution in [0, 0.1) is 5.92 Å². The van der Waals surface area contributed by atoms with Gasteiger partial charge in [-0.3, -0.25) is 0 Å². The second-order valence-electron chi connectivity index (χ2n) is 4.92. The number of allylic oxidation sites excluding steroid dienone is 2. The van der Waals surface area contributed by atoms with Gasteiger partial charge in [0.1, 0.15) is 5.75 Å². The Balaban J connectivity index is 3.15. The number of ether oxygens (including phenoxy) is 1. The molecule has 0 N–H and O–H groups in total. The highest BCUT2D eigenvalue weighted by molar-refractivity contribution is 5.68. The van der Waals surface area contributed by atoms with E-state index >= 15 is 0 Å². The molecule has 1 nitrogen and oxygen atoms in total. The van der Waals surface area contributed by atoms with E-state index in [2.05, 4.69) is 52.0 Å². The highest BCUT2D eigenvalue weighted by atomic mass is 16.5. The molecule has 0 aliphatic heterocycles. The fourth-order valence-electron chi connectivity index (χ4n) is 2.08. The lowest BCUT2D eigenvalue weighted by Crippen LogP contribution is -1.99.